The minimum absolute atomic E-state index is 0.0540. The number of nitrogens with two attached hydrogens (primary N) is 3. The molecule has 0 saturated carbocycles. The van der Waals surface area contributed by atoms with Gasteiger partial charge in [-0.15, -0.1) is 0 Å². The second-order valence-corrected chi connectivity index (χ2v) is 5.87. The monoisotopic (exact) mass is 357 g/mol. The first kappa shape index (κ1) is 20.4. The lowest BCUT2D eigenvalue weighted by Crippen LogP contribution is -2.54. The van der Waals surface area contributed by atoms with E-state index in [1.165, 1.54) is 4.90 Å². The molecule has 0 aromatic rings. The van der Waals surface area contributed by atoms with Gasteiger partial charge in [-0.3, -0.25) is 19.2 Å². The Morgan fingerprint density at radius 2 is 1.80 bits per heavy atom. The molecule has 0 bridgehead atoms. The van der Waals surface area contributed by atoms with Gasteiger partial charge in [-0.2, -0.15) is 0 Å². The van der Waals surface area contributed by atoms with Gasteiger partial charge in [0, 0.05) is 13.0 Å². The van der Waals surface area contributed by atoms with E-state index < -0.39 is 54.1 Å². The number of amides is 4. The van der Waals surface area contributed by atoms with Crippen molar-refractivity contribution in [1.82, 2.24) is 10.2 Å². The molecular formula is C14H23N5O6. The molecule has 140 valence electrons. The predicted octanol–water partition coefficient (Wildman–Crippen LogP) is -2.98. The van der Waals surface area contributed by atoms with Crippen LogP contribution in [-0.4, -0.2) is 64.3 Å². The molecule has 1 aliphatic heterocycles. The van der Waals surface area contributed by atoms with Crippen molar-refractivity contribution >= 4 is 29.6 Å². The fraction of sp³-hybridized carbons (Fsp3) is 0.643. The maximum absolute atomic E-state index is 12.3. The summed E-state index contributed by atoms with van der Waals surface area (Å²) in [5, 5.41) is 11.2. The zero-order valence-corrected chi connectivity index (χ0v) is 13.6. The van der Waals surface area contributed by atoms with E-state index in [9.17, 15) is 24.0 Å². The van der Waals surface area contributed by atoms with E-state index in [0.29, 0.717) is 12.8 Å². The van der Waals surface area contributed by atoms with Crippen molar-refractivity contribution in [3.8, 4) is 0 Å². The van der Waals surface area contributed by atoms with Crippen molar-refractivity contribution in [1.29, 1.82) is 0 Å². The number of carboxylic acid groups (broad SMARTS) is 1. The van der Waals surface area contributed by atoms with Gasteiger partial charge in [0.1, 0.15) is 12.1 Å². The summed E-state index contributed by atoms with van der Waals surface area (Å²) in [7, 11) is 0. The minimum Gasteiger partial charge on any atom is -0.480 e. The van der Waals surface area contributed by atoms with Crippen LogP contribution in [0, 0.1) is 0 Å². The standard InChI is InChI=1S/C14H23N5O6/c15-7(3-4-10(16)20)13(23)19-5-1-2-9(19)12(22)18-8(14(24)25)6-11(17)21/h7-9H,1-6,15H2,(H2,16,20)(H2,17,21)(H,18,22)(H,24,25). The molecule has 0 spiro atoms. The SMILES string of the molecule is NC(=O)CCC(N)C(=O)N1CCCC1C(=O)NC(CC(N)=O)C(=O)O. The molecule has 1 aliphatic rings. The summed E-state index contributed by atoms with van der Waals surface area (Å²) in [5.74, 6) is -4.07. The average molecular weight is 357 g/mol. The predicted molar refractivity (Wildman–Crippen MR) is 84.5 cm³/mol. The molecule has 3 unspecified atom stereocenters. The van der Waals surface area contributed by atoms with E-state index in [-0.39, 0.29) is 19.4 Å². The molecule has 11 nitrogen and oxygen atoms in total. The minimum atomic E-state index is -1.47. The van der Waals surface area contributed by atoms with Gasteiger partial charge in [-0.1, -0.05) is 0 Å². The average Bonchev–Trinajstić information content (AvgIpc) is 3.00. The van der Waals surface area contributed by atoms with Crippen molar-refractivity contribution in [2.24, 2.45) is 17.2 Å². The van der Waals surface area contributed by atoms with Crippen LogP contribution in [0.15, 0.2) is 0 Å². The smallest absolute Gasteiger partial charge is 0.326 e. The molecule has 25 heavy (non-hydrogen) atoms. The van der Waals surface area contributed by atoms with Crippen LogP contribution in [0.25, 0.3) is 0 Å². The maximum atomic E-state index is 12.3. The van der Waals surface area contributed by atoms with E-state index >= 15 is 0 Å². The van der Waals surface area contributed by atoms with Crippen LogP contribution < -0.4 is 22.5 Å². The van der Waals surface area contributed by atoms with Gasteiger partial charge in [0.15, 0.2) is 0 Å². The van der Waals surface area contributed by atoms with Gasteiger partial charge in [-0.25, -0.2) is 4.79 Å². The number of nitrogens with one attached hydrogen (secondary N) is 1. The van der Waals surface area contributed by atoms with Gasteiger partial charge in [0.25, 0.3) is 0 Å². The first-order valence-corrected chi connectivity index (χ1v) is 7.79. The number of likely N-dealkylation sites (tertiary alicyclic amines) is 1. The number of nitrogens with zero attached hydrogens (tertiary/aromatic N) is 1. The summed E-state index contributed by atoms with van der Waals surface area (Å²) in [6.07, 6.45) is 0.318. The fourth-order valence-corrected chi connectivity index (χ4v) is 2.61. The molecular weight excluding hydrogens is 334 g/mol. The molecule has 3 atom stereocenters. The summed E-state index contributed by atoms with van der Waals surface area (Å²) in [6, 6.07) is -3.34. The van der Waals surface area contributed by atoms with Gasteiger partial charge >= 0.3 is 5.97 Å². The summed E-state index contributed by atoms with van der Waals surface area (Å²) in [4.78, 5) is 58.7. The first-order chi connectivity index (χ1) is 11.6. The van der Waals surface area contributed by atoms with Gasteiger partial charge in [-0.05, 0) is 19.3 Å². The number of hydrogen-bond acceptors (Lipinski definition) is 6. The normalized spacial score (nSPS) is 19.1. The number of rotatable bonds is 9. The molecule has 0 aromatic carbocycles. The van der Waals surface area contributed by atoms with Crippen LogP contribution in [-0.2, 0) is 24.0 Å². The number of carbonyl (C=O) groups is 5. The molecule has 1 rings (SSSR count). The zero-order valence-electron chi connectivity index (χ0n) is 13.6. The van der Waals surface area contributed by atoms with Gasteiger partial charge in [0.2, 0.25) is 23.6 Å². The van der Waals surface area contributed by atoms with Crippen LogP contribution in [0.2, 0.25) is 0 Å². The van der Waals surface area contributed by atoms with E-state index in [1.807, 2.05) is 0 Å². The molecule has 1 saturated heterocycles. The van der Waals surface area contributed by atoms with Crippen molar-refractivity contribution < 1.29 is 29.1 Å². The second-order valence-electron chi connectivity index (χ2n) is 5.87. The van der Waals surface area contributed by atoms with Crippen molar-refractivity contribution in [2.75, 3.05) is 6.54 Å². The molecule has 0 aromatic heterocycles. The molecule has 8 N–H and O–H groups in total. The molecule has 0 aliphatic carbocycles. The molecule has 11 heteroatoms. The molecule has 1 fully saturated rings. The largest absolute Gasteiger partial charge is 0.480 e. The molecule has 0 radical (unpaired) electrons. The Labute approximate surface area is 143 Å². The van der Waals surface area contributed by atoms with Crippen LogP contribution in [0.3, 0.4) is 0 Å². The Kier molecular flexibility index (Phi) is 7.30. The summed E-state index contributed by atoms with van der Waals surface area (Å²) < 4.78 is 0. The van der Waals surface area contributed by atoms with Gasteiger partial charge < -0.3 is 32.5 Å². The summed E-state index contributed by atoms with van der Waals surface area (Å²) in [6.45, 7) is 0.286. The lowest BCUT2D eigenvalue weighted by atomic mass is 10.1. The summed E-state index contributed by atoms with van der Waals surface area (Å²) >= 11 is 0. The number of primary amides is 2. The Balaban J connectivity index is 2.73. The van der Waals surface area contributed by atoms with Crippen LogP contribution >= 0.6 is 0 Å². The van der Waals surface area contributed by atoms with Crippen molar-refractivity contribution in [3.63, 3.8) is 0 Å². The van der Waals surface area contributed by atoms with E-state index in [4.69, 9.17) is 22.3 Å². The zero-order chi connectivity index (χ0) is 19.1. The third-order valence-electron chi connectivity index (χ3n) is 3.88. The Hall–Kier alpha value is -2.69. The number of hydrogen-bond donors (Lipinski definition) is 5. The van der Waals surface area contributed by atoms with Crippen molar-refractivity contribution in [3.05, 3.63) is 0 Å². The highest BCUT2D eigenvalue weighted by Crippen LogP contribution is 2.19. The molecule has 1 heterocycles. The van der Waals surface area contributed by atoms with E-state index in [1.54, 1.807) is 0 Å². The van der Waals surface area contributed by atoms with E-state index in [2.05, 4.69) is 5.32 Å². The number of carbonyl (C=O) groups excluding carboxylic acids is 4. The number of aliphatic carboxylic acids is 1. The van der Waals surface area contributed by atoms with Crippen molar-refractivity contribution in [2.45, 2.75) is 50.2 Å². The van der Waals surface area contributed by atoms with Crippen LogP contribution in [0.5, 0.6) is 0 Å². The summed E-state index contributed by atoms with van der Waals surface area (Å²) in [5.41, 5.74) is 15.7. The number of carboxylic acids is 1. The Morgan fingerprint density at radius 3 is 2.32 bits per heavy atom. The lowest BCUT2D eigenvalue weighted by Gasteiger charge is -2.27. The highest BCUT2D eigenvalue weighted by molar-refractivity contribution is 5.93. The third-order valence-corrected chi connectivity index (χ3v) is 3.88. The fourth-order valence-electron chi connectivity index (χ4n) is 2.61. The Bertz CT molecular complexity index is 566. The van der Waals surface area contributed by atoms with Gasteiger partial charge in [0.05, 0.1) is 12.5 Å². The molecule has 4 amide bonds. The second kappa shape index (κ2) is 8.97. The quantitative estimate of drug-likeness (QED) is 0.289. The third kappa shape index (κ3) is 6.03. The van der Waals surface area contributed by atoms with E-state index in [0.717, 1.165) is 0 Å². The highest BCUT2D eigenvalue weighted by atomic mass is 16.4. The maximum Gasteiger partial charge on any atom is 0.326 e. The highest BCUT2D eigenvalue weighted by Gasteiger charge is 2.37. The van der Waals surface area contributed by atoms with Crippen LogP contribution in [0.1, 0.15) is 32.1 Å². The first-order valence-electron chi connectivity index (χ1n) is 7.79. The topological polar surface area (TPSA) is 199 Å². The van der Waals surface area contributed by atoms with Crippen LogP contribution in [0.4, 0.5) is 0 Å². The Morgan fingerprint density at radius 1 is 1.16 bits per heavy atom. The lowest BCUT2D eigenvalue weighted by molar-refractivity contribution is -0.145.